The normalized spacial score (nSPS) is 12.0. The smallest absolute Gasteiger partial charge is 0.258 e. The molecule has 4 nitrogen and oxygen atoms in total. The van der Waals surface area contributed by atoms with Crippen LogP contribution in [0.4, 0.5) is 0 Å². The fourth-order valence-electron chi connectivity index (χ4n) is 2.07. The Labute approximate surface area is 121 Å². The molecule has 1 amide bonds. The van der Waals surface area contributed by atoms with E-state index in [1.165, 1.54) is 5.56 Å². The molecule has 0 bridgehead atoms. The first-order chi connectivity index (χ1) is 9.56. The summed E-state index contributed by atoms with van der Waals surface area (Å²) in [5, 5.41) is 2.91. The van der Waals surface area contributed by atoms with Crippen molar-refractivity contribution >= 4 is 5.91 Å². The second-order valence-corrected chi connectivity index (χ2v) is 5.20. The van der Waals surface area contributed by atoms with Crippen LogP contribution >= 0.6 is 0 Å². The van der Waals surface area contributed by atoms with E-state index in [2.05, 4.69) is 12.2 Å². The fraction of sp³-hybridized carbons (Fsp3) is 0.562. The summed E-state index contributed by atoms with van der Waals surface area (Å²) in [6, 6.07) is 5.96. The molecule has 0 aliphatic heterocycles. The minimum atomic E-state index is -0.114. The molecule has 1 atom stereocenters. The number of amides is 1. The van der Waals surface area contributed by atoms with Gasteiger partial charge in [-0.05, 0) is 31.9 Å². The highest BCUT2D eigenvalue weighted by Gasteiger charge is 2.11. The van der Waals surface area contributed by atoms with Crippen LogP contribution in [-0.2, 0) is 4.79 Å². The number of aryl methyl sites for hydroxylation is 2. The maximum absolute atomic E-state index is 11.8. The Hall–Kier alpha value is -1.55. The van der Waals surface area contributed by atoms with E-state index in [4.69, 9.17) is 10.5 Å². The fourth-order valence-corrected chi connectivity index (χ4v) is 2.07. The molecule has 112 valence electrons. The Balaban J connectivity index is 2.42. The van der Waals surface area contributed by atoms with Gasteiger partial charge in [-0.25, -0.2) is 0 Å². The van der Waals surface area contributed by atoms with E-state index in [-0.39, 0.29) is 18.6 Å². The maximum Gasteiger partial charge on any atom is 0.258 e. The van der Waals surface area contributed by atoms with Crippen LogP contribution in [0, 0.1) is 13.8 Å². The molecule has 0 saturated carbocycles. The number of carbonyl (C=O) groups is 1. The number of unbranched alkanes of at least 4 members (excludes halogenated alkanes) is 1. The van der Waals surface area contributed by atoms with E-state index >= 15 is 0 Å². The number of rotatable bonds is 8. The molecule has 0 aliphatic carbocycles. The standard InChI is InChI=1S/C16H26N2O2/c1-4-5-6-14(10-17)18-16(19)11-20-15-8-7-12(2)9-13(15)3/h7-9,14H,4-6,10-11,17H2,1-3H3,(H,18,19). The minimum absolute atomic E-state index is 0.0343. The van der Waals surface area contributed by atoms with Crippen molar-refractivity contribution < 1.29 is 9.53 Å². The van der Waals surface area contributed by atoms with E-state index in [0.717, 1.165) is 30.6 Å². The maximum atomic E-state index is 11.8. The van der Waals surface area contributed by atoms with Crippen molar-refractivity contribution in [2.45, 2.75) is 46.1 Å². The lowest BCUT2D eigenvalue weighted by molar-refractivity contribution is -0.123. The van der Waals surface area contributed by atoms with Crippen LogP contribution in [-0.4, -0.2) is 25.1 Å². The van der Waals surface area contributed by atoms with E-state index in [1.54, 1.807) is 0 Å². The summed E-state index contributed by atoms with van der Waals surface area (Å²) < 4.78 is 5.55. The third kappa shape index (κ3) is 5.61. The number of carbonyl (C=O) groups excluding carboxylic acids is 1. The first-order valence-electron chi connectivity index (χ1n) is 7.26. The summed E-state index contributed by atoms with van der Waals surface area (Å²) in [6.07, 6.45) is 3.09. The molecule has 20 heavy (non-hydrogen) atoms. The van der Waals surface area contributed by atoms with Crippen LogP contribution in [0.25, 0.3) is 0 Å². The molecule has 1 rings (SSSR count). The zero-order chi connectivity index (χ0) is 15.0. The molecular formula is C16H26N2O2. The Morgan fingerprint density at radius 2 is 2.15 bits per heavy atom. The third-order valence-corrected chi connectivity index (χ3v) is 3.24. The quantitative estimate of drug-likeness (QED) is 0.767. The zero-order valence-electron chi connectivity index (χ0n) is 12.7. The molecule has 0 aromatic heterocycles. The number of benzene rings is 1. The summed E-state index contributed by atoms with van der Waals surface area (Å²) in [4.78, 5) is 11.8. The molecule has 1 unspecified atom stereocenters. The van der Waals surface area contributed by atoms with Crippen molar-refractivity contribution in [3.05, 3.63) is 29.3 Å². The van der Waals surface area contributed by atoms with Gasteiger partial charge in [0.1, 0.15) is 5.75 Å². The lowest BCUT2D eigenvalue weighted by Crippen LogP contribution is -2.42. The number of ether oxygens (including phenoxy) is 1. The van der Waals surface area contributed by atoms with E-state index < -0.39 is 0 Å². The summed E-state index contributed by atoms with van der Waals surface area (Å²) in [5.41, 5.74) is 7.88. The van der Waals surface area contributed by atoms with Gasteiger partial charge < -0.3 is 15.8 Å². The molecule has 0 fully saturated rings. The second kappa shape index (κ2) is 8.59. The summed E-state index contributed by atoms with van der Waals surface area (Å²) in [5.74, 6) is 0.639. The average Bonchev–Trinajstić information content (AvgIpc) is 2.42. The predicted molar refractivity (Wildman–Crippen MR) is 81.9 cm³/mol. The lowest BCUT2D eigenvalue weighted by atomic mass is 10.1. The van der Waals surface area contributed by atoms with Gasteiger partial charge in [0.05, 0.1) is 0 Å². The van der Waals surface area contributed by atoms with Gasteiger partial charge in [-0.2, -0.15) is 0 Å². The van der Waals surface area contributed by atoms with Crippen LogP contribution in [0.3, 0.4) is 0 Å². The highest BCUT2D eigenvalue weighted by molar-refractivity contribution is 5.77. The Bertz CT molecular complexity index is 432. The van der Waals surface area contributed by atoms with Crippen LogP contribution < -0.4 is 15.8 Å². The first kappa shape index (κ1) is 16.5. The molecule has 3 N–H and O–H groups in total. The van der Waals surface area contributed by atoms with Crippen molar-refractivity contribution in [2.24, 2.45) is 5.73 Å². The van der Waals surface area contributed by atoms with Gasteiger partial charge in [-0.1, -0.05) is 37.5 Å². The van der Waals surface area contributed by atoms with Crippen molar-refractivity contribution in [2.75, 3.05) is 13.2 Å². The molecular weight excluding hydrogens is 252 g/mol. The largest absolute Gasteiger partial charge is 0.484 e. The summed E-state index contributed by atoms with van der Waals surface area (Å²) in [6.45, 7) is 6.63. The van der Waals surface area contributed by atoms with Crippen molar-refractivity contribution in [1.29, 1.82) is 0 Å². The van der Waals surface area contributed by atoms with Gasteiger partial charge in [0.25, 0.3) is 5.91 Å². The topological polar surface area (TPSA) is 64.3 Å². The number of nitrogens with two attached hydrogens (primary N) is 1. The highest BCUT2D eigenvalue weighted by Crippen LogP contribution is 2.18. The predicted octanol–water partition coefficient (Wildman–Crippen LogP) is 2.32. The lowest BCUT2D eigenvalue weighted by Gasteiger charge is -2.17. The van der Waals surface area contributed by atoms with E-state index in [0.29, 0.717) is 6.54 Å². The van der Waals surface area contributed by atoms with Crippen molar-refractivity contribution in [3.8, 4) is 5.75 Å². The monoisotopic (exact) mass is 278 g/mol. The third-order valence-electron chi connectivity index (χ3n) is 3.24. The Morgan fingerprint density at radius 3 is 2.75 bits per heavy atom. The molecule has 1 aromatic rings. The van der Waals surface area contributed by atoms with E-state index in [1.807, 2.05) is 32.0 Å². The number of nitrogens with one attached hydrogen (secondary N) is 1. The van der Waals surface area contributed by atoms with Crippen LogP contribution in [0.2, 0.25) is 0 Å². The van der Waals surface area contributed by atoms with Crippen LogP contribution in [0.1, 0.15) is 37.3 Å². The SMILES string of the molecule is CCCCC(CN)NC(=O)COc1ccc(C)cc1C. The minimum Gasteiger partial charge on any atom is -0.484 e. The zero-order valence-corrected chi connectivity index (χ0v) is 12.7. The number of hydrogen-bond donors (Lipinski definition) is 2. The van der Waals surface area contributed by atoms with Gasteiger partial charge >= 0.3 is 0 Å². The molecule has 0 saturated heterocycles. The molecule has 0 spiro atoms. The van der Waals surface area contributed by atoms with Gasteiger partial charge in [0.2, 0.25) is 0 Å². The van der Waals surface area contributed by atoms with Gasteiger partial charge in [0, 0.05) is 12.6 Å². The molecule has 0 aliphatic rings. The molecule has 0 radical (unpaired) electrons. The number of hydrogen-bond acceptors (Lipinski definition) is 3. The van der Waals surface area contributed by atoms with Crippen LogP contribution in [0.5, 0.6) is 5.75 Å². The summed E-state index contributed by atoms with van der Waals surface area (Å²) >= 11 is 0. The second-order valence-electron chi connectivity index (χ2n) is 5.20. The molecule has 1 aromatic carbocycles. The van der Waals surface area contributed by atoms with Crippen molar-refractivity contribution in [3.63, 3.8) is 0 Å². The van der Waals surface area contributed by atoms with Crippen LogP contribution in [0.15, 0.2) is 18.2 Å². The Morgan fingerprint density at radius 1 is 1.40 bits per heavy atom. The molecule has 4 heteroatoms. The van der Waals surface area contributed by atoms with Gasteiger partial charge in [0.15, 0.2) is 6.61 Å². The van der Waals surface area contributed by atoms with Gasteiger partial charge in [-0.15, -0.1) is 0 Å². The Kier molecular flexibility index (Phi) is 7.09. The van der Waals surface area contributed by atoms with Gasteiger partial charge in [-0.3, -0.25) is 4.79 Å². The van der Waals surface area contributed by atoms with Crippen molar-refractivity contribution in [1.82, 2.24) is 5.32 Å². The molecule has 0 heterocycles. The average molecular weight is 278 g/mol. The summed E-state index contributed by atoms with van der Waals surface area (Å²) in [7, 11) is 0. The first-order valence-corrected chi connectivity index (χ1v) is 7.26. The highest BCUT2D eigenvalue weighted by atomic mass is 16.5. The van der Waals surface area contributed by atoms with E-state index in [9.17, 15) is 4.79 Å².